The number of benzene rings is 2. The topological polar surface area (TPSA) is 75.7 Å². The van der Waals surface area contributed by atoms with Crippen molar-refractivity contribution < 1.29 is 17.9 Å². The Morgan fingerprint density at radius 1 is 1.19 bits per heavy atom. The molecular formula is C20H24N2O4S. The molecule has 1 aliphatic rings. The number of nitrogens with zero attached hydrogens (tertiary/aromatic N) is 1. The average Bonchev–Trinajstić information content (AvgIpc) is 3.04. The second-order valence-electron chi connectivity index (χ2n) is 6.92. The van der Waals surface area contributed by atoms with Gasteiger partial charge in [-0.05, 0) is 61.7 Å². The van der Waals surface area contributed by atoms with E-state index in [4.69, 9.17) is 4.74 Å². The van der Waals surface area contributed by atoms with Crippen LogP contribution in [0.2, 0.25) is 0 Å². The highest BCUT2D eigenvalue weighted by Crippen LogP contribution is 2.30. The van der Waals surface area contributed by atoms with Crippen LogP contribution < -0.4 is 14.4 Å². The van der Waals surface area contributed by atoms with E-state index in [9.17, 15) is 13.2 Å². The number of nitrogens with one attached hydrogen (secondary N) is 1. The van der Waals surface area contributed by atoms with Crippen molar-refractivity contribution in [1.29, 1.82) is 0 Å². The van der Waals surface area contributed by atoms with Crippen molar-refractivity contribution in [3.8, 4) is 5.75 Å². The van der Waals surface area contributed by atoms with E-state index in [1.807, 2.05) is 38.1 Å². The monoisotopic (exact) mass is 388 g/mol. The van der Waals surface area contributed by atoms with Gasteiger partial charge in [-0.2, -0.15) is 0 Å². The summed E-state index contributed by atoms with van der Waals surface area (Å²) in [6, 6.07) is 12.8. The largest absolute Gasteiger partial charge is 0.491 e. The van der Waals surface area contributed by atoms with Crippen LogP contribution >= 0.6 is 0 Å². The molecule has 6 nitrogen and oxygen atoms in total. The number of ether oxygens (including phenoxy) is 1. The van der Waals surface area contributed by atoms with E-state index in [0.29, 0.717) is 30.8 Å². The van der Waals surface area contributed by atoms with Crippen molar-refractivity contribution in [2.45, 2.75) is 32.9 Å². The molecular weight excluding hydrogens is 364 g/mol. The Balaban J connectivity index is 1.64. The van der Waals surface area contributed by atoms with Crippen LogP contribution in [-0.2, 0) is 23.0 Å². The van der Waals surface area contributed by atoms with Crippen LogP contribution in [0.25, 0.3) is 0 Å². The molecule has 144 valence electrons. The third-order valence-corrected chi connectivity index (χ3v) is 5.52. The molecule has 0 aromatic heterocycles. The Kier molecular flexibility index (Phi) is 5.41. The fourth-order valence-corrected chi connectivity index (χ4v) is 4.06. The van der Waals surface area contributed by atoms with Gasteiger partial charge < -0.3 is 10.1 Å². The van der Waals surface area contributed by atoms with Crippen LogP contribution in [0.5, 0.6) is 5.75 Å². The van der Waals surface area contributed by atoms with Gasteiger partial charge in [0.05, 0.1) is 18.0 Å². The minimum absolute atomic E-state index is 0.119. The summed E-state index contributed by atoms with van der Waals surface area (Å²) in [4.78, 5) is 12.4. The molecule has 0 saturated carbocycles. The van der Waals surface area contributed by atoms with Gasteiger partial charge in [0.15, 0.2) is 0 Å². The van der Waals surface area contributed by atoms with Crippen molar-refractivity contribution in [2.75, 3.05) is 17.1 Å². The number of amides is 1. The van der Waals surface area contributed by atoms with Crippen LogP contribution in [0, 0.1) is 0 Å². The number of carbonyl (C=O) groups excluding carboxylic acids is 1. The molecule has 0 radical (unpaired) electrons. The summed E-state index contributed by atoms with van der Waals surface area (Å²) >= 11 is 0. The summed E-state index contributed by atoms with van der Waals surface area (Å²) in [5, 5.41) is 2.90. The van der Waals surface area contributed by atoms with Crippen LogP contribution in [0.3, 0.4) is 0 Å². The zero-order valence-corrected chi connectivity index (χ0v) is 16.5. The van der Waals surface area contributed by atoms with E-state index in [1.165, 1.54) is 10.6 Å². The molecule has 2 aromatic rings. The molecule has 2 aromatic carbocycles. The second kappa shape index (κ2) is 7.60. The Morgan fingerprint density at radius 2 is 1.89 bits per heavy atom. The molecule has 27 heavy (non-hydrogen) atoms. The lowest BCUT2D eigenvalue weighted by molar-refractivity contribution is 0.0951. The fraction of sp³-hybridized carbons (Fsp3) is 0.350. The lowest BCUT2D eigenvalue weighted by atomic mass is 10.1. The van der Waals surface area contributed by atoms with Gasteiger partial charge in [0, 0.05) is 18.7 Å². The van der Waals surface area contributed by atoms with Crippen LogP contribution in [0.4, 0.5) is 5.69 Å². The summed E-state index contributed by atoms with van der Waals surface area (Å²) in [6.07, 6.45) is 1.93. The molecule has 1 amide bonds. The van der Waals surface area contributed by atoms with E-state index < -0.39 is 10.0 Å². The van der Waals surface area contributed by atoms with Gasteiger partial charge in [-0.1, -0.05) is 12.1 Å². The summed E-state index contributed by atoms with van der Waals surface area (Å²) < 4.78 is 30.6. The molecule has 3 rings (SSSR count). The lowest BCUT2D eigenvalue weighted by Gasteiger charge is -2.16. The Bertz CT molecular complexity index is 937. The van der Waals surface area contributed by atoms with Crippen LogP contribution in [-0.4, -0.2) is 33.2 Å². The minimum Gasteiger partial charge on any atom is -0.491 e. The lowest BCUT2D eigenvalue weighted by Crippen LogP contribution is -2.27. The Morgan fingerprint density at radius 3 is 2.52 bits per heavy atom. The molecule has 7 heteroatoms. The first kappa shape index (κ1) is 19.2. The number of rotatable bonds is 6. The Hall–Kier alpha value is -2.54. The van der Waals surface area contributed by atoms with Gasteiger partial charge >= 0.3 is 0 Å². The third-order valence-electron chi connectivity index (χ3n) is 4.34. The first-order valence-electron chi connectivity index (χ1n) is 8.88. The molecule has 0 spiro atoms. The fourth-order valence-electron chi connectivity index (χ4n) is 3.10. The zero-order valence-electron chi connectivity index (χ0n) is 15.7. The van der Waals surface area contributed by atoms with Gasteiger partial charge in [-0.25, -0.2) is 8.42 Å². The summed E-state index contributed by atoms with van der Waals surface area (Å²) in [5.41, 5.74) is 3.05. The summed E-state index contributed by atoms with van der Waals surface area (Å²) in [5.74, 6) is 0.618. The SMILES string of the molecule is CC(C)Oc1ccc(CNC(=O)c2ccc3c(c2)CCN3S(C)(=O)=O)cc1. The molecule has 0 saturated heterocycles. The standard InChI is InChI=1S/C20H24N2O4S/c1-14(2)26-18-7-4-15(5-8-18)13-21-20(23)17-6-9-19-16(12-17)10-11-22(19)27(3,24)25/h4-9,12,14H,10-11,13H2,1-3H3,(H,21,23). The van der Waals surface area contributed by atoms with E-state index in [2.05, 4.69) is 5.32 Å². The van der Waals surface area contributed by atoms with E-state index in [1.54, 1.807) is 18.2 Å². The maximum Gasteiger partial charge on any atom is 0.251 e. The minimum atomic E-state index is -3.28. The molecule has 1 heterocycles. The third kappa shape index (κ3) is 4.60. The van der Waals surface area contributed by atoms with Crippen molar-refractivity contribution in [1.82, 2.24) is 5.32 Å². The number of fused-ring (bicyclic) bond motifs is 1. The highest BCUT2D eigenvalue weighted by molar-refractivity contribution is 7.92. The molecule has 1 aliphatic heterocycles. The van der Waals surface area contributed by atoms with E-state index >= 15 is 0 Å². The van der Waals surface area contributed by atoms with Gasteiger partial charge in [0.25, 0.3) is 5.91 Å². The highest BCUT2D eigenvalue weighted by Gasteiger charge is 2.26. The molecule has 0 atom stereocenters. The number of hydrogen-bond acceptors (Lipinski definition) is 4. The van der Waals surface area contributed by atoms with Crippen molar-refractivity contribution >= 4 is 21.6 Å². The first-order chi connectivity index (χ1) is 12.7. The maximum absolute atomic E-state index is 12.4. The van der Waals surface area contributed by atoms with Crippen LogP contribution in [0.15, 0.2) is 42.5 Å². The van der Waals surface area contributed by atoms with Gasteiger partial charge in [-0.15, -0.1) is 0 Å². The normalized spacial score (nSPS) is 13.6. The van der Waals surface area contributed by atoms with Crippen LogP contribution in [0.1, 0.15) is 35.3 Å². The van der Waals surface area contributed by atoms with Crippen molar-refractivity contribution in [3.05, 3.63) is 59.2 Å². The second-order valence-corrected chi connectivity index (χ2v) is 8.83. The van der Waals surface area contributed by atoms with Gasteiger partial charge in [-0.3, -0.25) is 9.10 Å². The van der Waals surface area contributed by atoms with Gasteiger partial charge in [0.1, 0.15) is 5.75 Å². The summed E-state index contributed by atoms with van der Waals surface area (Å²) in [6.45, 7) is 4.77. The summed E-state index contributed by atoms with van der Waals surface area (Å²) in [7, 11) is -3.28. The highest BCUT2D eigenvalue weighted by atomic mass is 32.2. The van der Waals surface area contributed by atoms with Gasteiger partial charge in [0.2, 0.25) is 10.0 Å². The number of carbonyl (C=O) groups is 1. The average molecular weight is 388 g/mol. The predicted octanol–water partition coefficient (Wildman–Crippen LogP) is 2.73. The molecule has 0 bridgehead atoms. The molecule has 0 fully saturated rings. The Labute approximate surface area is 160 Å². The molecule has 1 N–H and O–H groups in total. The molecule has 0 aliphatic carbocycles. The van der Waals surface area contributed by atoms with Crippen molar-refractivity contribution in [2.24, 2.45) is 0 Å². The number of sulfonamides is 1. The quantitative estimate of drug-likeness (QED) is 0.826. The van der Waals surface area contributed by atoms with E-state index in [0.717, 1.165) is 16.9 Å². The molecule has 0 unspecified atom stereocenters. The number of hydrogen-bond donors (Lipinski definition) is 1. The maximum atomic E-state index is 12.4. The van der Waals surface area contributed by atoms with E-state index in [-0.39, 0.29) is 12.0 Å². The first-order valence-corrected chi connectivity index (χ1v) is 10.7. The number of anilines is 1. The van der Waals surface area contributed by atoms with Crippen molar-refractivity contribution in [3.63, 3.8) is 0 Å². The predicted molar refractivity (Wildman–Crippen MR) is 106 cm³/mol. The zero-order chi connectivity index (χ0) is 19.6. The smallest absolute Gasteiger partial charge is 0.251 e.